The van der Waals surface area contributed by atoms with E-state index in [-0.39, 0.29) is 23.9 Å². The molecule has 0 unspecified atom stereocenters. The lowest BCUT2D eigenvalue weighted by atomic mass is 10.1. The fourth-order valence-electron chi connectivity index (χ4n) is 2.99. The number of amides is 2. The van der Waals surface area contributed by atoms with Crippen molar-refractivity contribution in [1.82, 2.24) is 9.80 Å². The summed E-state index contributed by atoms with van der Waals surface area (Å²) in [5.74, 6) is -0.287. The Morgan fingerprint density at radius 2 is 1.64 bits per heavy atom. The zero-order valence-electron chi connectivity index (χ0n) is 16.0. The minimum atomic E-state index is -0.381. The molecule has 0 aromatic heterocycles. The van der Waals surface area contributed by atoms with Gasteiger partial charge in [-0.05, 0) is 52.1 Å². The first-order valence-corrected chi connectivity index (χ1v) is 8.78. The zero-order valence-corrected chi connectivity index (χ0v) is 16.0. The Hall–Kier alpha value is -2.08. The van der Waals surface area contributed by atoms with Gasteiger partial charge in [0.15, 0.2) is 0 Å². The molecule has 0 radical (unpaired) electrons. The second-order valence-electron chi connectivity index (χ2n) is 7.66. The smallest absolute Gasteiger partial charge is 0.244 e. The highest BCUT2D eigenvalue weighted by Gasteiger charge is 2.25. The van der Waals surface area contributed by atoms with E-state index in [9.17, 15) is 9.59 Å². The SMILES string of the molecule is CC(=O)N(CC(=O)Nc1ccc(N2CCN(C)CC2)cc1)C(C)(C)C. The first-order valence-electron chi connectivity index (χ1n) is 8.78. The Balaban J connectivity index is 1.94. The average molecular weight is 346 g/mol. The van der Waals surface area contributed by atoms with Crippen LogP contribution in [0, 0.1) is 0 Å². The molecule has 1 N–H and O–H groups in total. The molecule has 6 heteroatoms. The molecule has 1 fully saturated rings. The van der Waals surface area contributed by atoms with Gasteiger partial charge in [-0.15, -0.1) is 0 Å². The predicted molar refractivity (Wildman–Crippen MR) is 102 cm³/mol. The molecule has 0 aliphatic carbocycles. The van der Waals surface area contributed by atoms with Crippen molar-refractivity contribution in [3.8, 4) is 0 Å². The minimum absolute atomic E-state index is 0.0546. The third kappa shape index (κ3) is 5.46. The molecule has 6 nitrogen and oxygen atoms in total. The van der Waals surface area contributed by atoms with Crippen molar-refractivity contribution in [2.75, 3.05) is 50.0 Å². The van der Waals surface area contributed by atoms with Crippen LogP contribution in [-0.2, 0) is 9.59 Å². The quantitative estimate of drug-likeness (QED) is 0.906. The summed E-state index contributed by atoms with van der Waals surface area (Å²) < 4.78 is 0. The van der Waals surface area contributed by atoms with E-state index in [0.717, 1.165) is 31.9 Å². The number of benzene rings is 1. The number of nitrogens with one attached hydrogen (secondary N) is 1. The molecular weight excluding hydrogens is 316 g/mol. The van der Waals surface area contributed by atoms with Crippen molar-refractivity contribution >= 4 is 23.2 Å². The maximum atomic E-state index is 12.3. The number of piperazine rings is 1. The van der Waals surface area contributed by atoms with Crippen LogP contribution < -0.4 is 10.2 Å². The molecule has 138 valence electrons. The van der Waals surface area contributed by atoms with Crippen molar-refractivity contribution in [1.29, 1.82) is 0 Å². The Labute approximate surface area is 150 Å². The number of hydrogen-bond acceptors (Lipinski definition) is 4. The van der Waals surface area contributed by atoms with E-state index in [1.165, 1.54) is 12.6 Å². The lowest BCUT2D eigenvalue weighted by Gasteiger charge is -2.34. The van der Waals surface area contributed by atoms with Gasteiger partial charge in [0.05, 0.1) is 0 Å². The molecule has 1 aromatic carbocycles. The first kappa shape index (κ1) is 19.2. The lowest BCUT2D eigenvalue weighted by Crippen LogP contribution is -2.48. The Morgan fingerprint density at radius 3 is 2.12 bits per heavy atom. The summed E-state index contributed by atoms with van der Waals surface area (Å²) in [6.45, 7) is 11.5. The fourth-order valence-corrected chi connectivity index (χ4v) is 2.99. The maximum absolute atomic E-state index is 12.3. The van der Waals surface area contributed by atoms with Crippen LogP contribution in [0.4, 0.5) is 11.4 Å². The minimum Gasteiger partial charge on any atom is -0.369 e. The van der Waals surface area contributed by atoms with Gasteiger partial charge >= 0.3 is 0 Å². The molecule has 1 saturated heterocycles. The van der Waals surface area contributed by atoms with Crippen molar-refractivity contribution in [3.05, 3.63) is 24.3 Å². The monoisotopic (exact) mass is 346 g/mol. The van der Waals surface area contributed by atoms with Gasteiger partial charge in [-0.2, -0.15) is 0 Å². The van der Waals surface area contributed by atoms with Crippen molar-refractivity contribution in [2.24, 2.45) is 0 Å². The molecule has 1 heterocycles. The second kappa shape index (κ2) is 7.87. The number of anilines is 2. The van der Waals surface area contributed by atoms with E-state index in [1.54, 1.807) is 4.90 Å². The molecule has 1 aliphatic rings. The Kier molecular flexibility index (Phi) is 6.06. The second-order valence-corrected chi connectivity index (χ2v) is 7.66. The van der Waals surface area contributed by atoms with Gasteiger partial charge in [0.1, 0.15) is 6.54 Å². The summed E-state index contributed by atoms with van der Waals surface area (Å²) in [7, 11) is 2.14. The molecule has 1 aliphatic heterocycles. The predicted octanol–water partition coefficient (Wildman–Crippen LogP) is 2.02. The van der Waals surface area contributed by atoms with Crippen LogP contribution in [-0.4, -0.2) is 66.9 Å². The summed E-state index contributed by atoms with van der Waals surface area (Å²) in [4.78, 5) is 30.3. The fraction of sp³-hybridized carbons (Fsp3) is 0.579. The van der Waals surface area contributed by atoms with Gasteiger partial charge in [0.25, 0.3) is 0 Å². The molecule has 0 bridgehead atoms. The van der Waals surface area contributed by atoms with Gasteiger partial charge < -0.3 is 20.0 Å². The number of hydrogen-bond donors (Lipinski definition) is 1. The molecule has 0 spiro atoms. The average Bonchev–Trinajstić information content (AvgIpc) is 2.53. The van der Waals surface area contributed by atoms with Gasteiger partial charge in [-0.3, -0.25) is 9.59 Å². The van der Waals surface area contributed by atoms with Gasteiger partial charge in [0, 0.05) is 50.0 Å². The Morgan fingerprint density at radius 1 is 1.08 bits per heavy atom. The lowest BCUT2D eigenvalue weighted by molar-refractivity contribution is -0.137. The van der Waals surface area contributed by atoms with Crippen LogP contribution in [0.15, 0.2) is 24.3 Å². The number of nitrogens with zero attached hydrogens (tertiary/aromatic N) is 3. The maximum Gasteiger partial charge on any atom is 0.244 e. The number of likely N-dealkylation sites (N-methyl/N-ethyl adjacent to an activating group) is 1. The highest BCUT2D eigenvalue weighted by atomic mass is 16.2. The molecule has 0 atom stereocenters. The molecule has 1 aromatic rings. The van der Waals surface area contributed by atoms with E-state index < -0.39 is 0 Å². The number of rotatable bonds is 4. The molecule has 2 amide bonds. The van der Waals surface area contributed by atoms with Crippen molar-refractivity contribution < 1.29 is 9.59 Å². The van der Waals surface area contributed by atoms with Gasteiger partial charge in [0.2, 0.25) is 11.8 Å². The van der Waals surface area contributed by atoms with Crippen LogP contribution in [0.5, 0.6) is 0 Å². The van der Waals surface area contributed by atoms with Crippen molar-refractivity contribution in [2.45, 2.75) is 33.2 Å². The van der Waals surface area contributed by atoms with Crippen molar-refractivity contribution in [3.63, 3.8) is 0 Å². The standard InChI is InChI=1S/C19H30N4O2/c1-15(24)23(19(2,3)4)14-18(25)20-16-6-8-17(9-7-16)22-12-10-21(5)11-13-22/h6-9H,10-14H2,1-5H3,(H,20,25). The van der Waals surface area contributed by atoms with Crippen LogP contribution in [0.2, 0.25) is 0 Å². The van der Waals surface area contributed by atoms with E-state index in [4.69, 9.17) is 0 Å². The van der Waals surface area contributed by atoms with E-state index in [0.29, 0.717) is 0 Å². The van der Waals surface area contributed by atoms with Crippen LogP contribution in [0.1, 0.15) is 27.7 Å². The highest BCUT2D eigenvalue weighted by Crippen LogP contribution is 2.20. The summed E-state index contributed by atoms with van der Waals surface area (Å²) in [5, 5.41) is 2.88. The normalized spacial score (nSPS) is 15.8. The van der Waals surface area contributed by atoms with E-state index in [2.05, 4.69) is 22.2 Å². The topological polar surface area (TPSA) is 55.9 Å². The third-order valence-corrected chi connectivity index (χ3v) is 4.51. The van der Waals surface area contributed by atoms with E-state index in [1.807, 2.05) is 45.0 Å². The summed E-state index contributed by atoms with van der Waals surface area (Å²) in [5.41, 5.74) is 1.54. The largest absolute Gasteiger partial charge is 0.369 e. The molecule has 25 heavy (non-hydrogen) atoms. The zero-order chi connectivity index (χ0) is 18.6. The molecular formula is C19H30N4O2. The first-order chi connectivity index (χ1) is 11.7. The molecule has 0 saturated carbocycles. The van der Waals surface area contributed by atoms with Crippen LogP contribution in [0.3, 0.4) is 0 Å². The summed E-state index contributed by atoms with van der Waals surface area (Å²) in [6, 6.07) is 7.91. The van der Waals surface area contributed by atoms with Crippen LogP contribution >= 0.6 is 0 Å². The number of carbonyl (C=O) groups is 2. The van der Waals surface area contributed by atoms with Crippen LogP contribution in [0.25, 0.3) is 0 Å². The van der Waals surface area contributed by atoms with E-state index >= 15 is 0 Å². The third-order valence-electron chi connectivity index (χ3n) is 4.51. The molecule has 2 rings (SSSR count). The van der Waals surface area contributed by atoms with Gasteiger partial charge in [-0.25, -0.2) is 0 Å². The summed E-state index contributed by atoms with van der Waals surface area (Å²) in [6.07, 6.45) is 0. The Bertz CT molecular complexity index is 599. The highest BCUT2D eigenvalue weighted by molar-refractivity contribution is 5.94. The summed E-state index contributed by atoms with van der Waals surface area (Å²) >= 11 is 0. The number of carbonyl (C=O) groups excluding carboxylic acids is 2. The van der Waals surface area contributed by atoms with Gasteiger partial charge in [-0.1, -0.05) is 0 Å².